The topological polar surface area (TPSA) is 91.1 Å². The molecule has 1 saturated carbocycles. The van der Waals surface area contributed by atoms with Crippen LogP contribution in [0.4, 0.5) is 10.7 Å². The molecular weight excluding hydrogens is 342 g/mol. The van der Waals surface area contributed by atoms with Crippen molar-refractivity contribution in [3.05, 3.63) is 17.5 Å². The maximum absolute atomic E-state index is 12.2. The zero-order chi connectivity index (χ0) is 19.7. The lowest BCUT2D eigenvalue weighted by Crippen LogP contribution is -2.51. The van der Waals surface area contributed by atoms with Crippen LogP contribution in [0.5, 0.6) is 0 Å². The molecule has 0 aromatic carbocycles. The molecule has 1 aliphatic carbocycles. The molecule has 1 atom stereocenters. The Kier molecular flexibility index (Phi) is 5.27. The van der Waals surface area contributed by atoms with Crippen LogP contribution in [0.1, 0.15) is 64.3 Å². The molecule has 1 aromatic heterocycles. The van der Waals surface area contributed by atoms with Crippen LogP contribution in [-0.4, -0.2) is 40.8 Å². The molecule has 1 aromatic rings. The minimum absolute atomic E-state index is 0.120. The van der Waals surface area contributed by atoms with Gasteiger partial charge in [-0.3, -0.25) is 0 Å². The predicted molar refractivity (Wildman–Crippen MR) is 102 cm³/mol. The highest BCUT2D eigenvalue weighted by Gasteiger charge is 2.46. The van der Waals surface area contributed by atoms with Gasteiger partial charge in [0.15, 0.2) is 0 Å². The van der Waals surface area contributed by atoms with E-state index in [0.717, 1.165) is 50.9 Å². The van der Waals surface area contributed by atoms with Crippen molar-refractivity contribution >= 4 is 12.0 Å². The quantitative estimate of drug-likeness (QED) is 0.857. The number of amides is 1. The number of nitriles is 1. The van der Waals surface area contributed by atoms with Crippen molar-refractivity contribution in [1.29, 1.82) is 5.26 Å². The molecule has 2 fully saturated rings. The molecule has 1 saturated heterocycles. The highest BCUT2D eigenvalue weighted by Crippen LogP contribution is 2.46. The Balaban J connectivity index is 1.65. The number of carbonyl (C=O) groups excluding carboxylic acids is 1. The molecule has 2 aliphatic rings. The van der Waals surface area contributed by atoms with Crippen molar-refractivity contribution in [2.45, 2.75) is 71.4 Å². The molecule has 0 bridgehead atoms. The summed E-state index contributed by atoms with van der Waals surface area (Å²) in [5.41, 5.74) is 0.848. The predicted octanol–water partition coefficient (Wildman–Crippen LogP) is 3.32. The number of ether oxygens (including phenoxy) is 1. The Morgan fingerprint density at radius 3 is 2.67 bits per heavy atom. The van der Waals surface area contributed by atoms with E-state index < -0.39 is 5.60 Å². The molecule has 7 nitrogen and oxygen atoms in total. The highest BCUT2D eigenvalue weighted by molar-refractivity contribution is 5.68. The number of carbonyl (C=O) groups is 1. The van der Waals surface area contributed by atoms with Crippen molar-refractivity contribution in [1.82, 2.24) is 15.3 Å². The van der Waals surface area contributed by atoms with E-state index in [0.29, 0.717) is 11.6 Å². The van der Waals surface area contributed by atoms with Crippen LogP contribution in [0, 0.1) is 23.7 Å². The first-order chi connectivity index (χ1) is 12.7. The molecule has 3 rings (SSSR count). The molecule has 27 heavy (non-hydrogen) atoms. The number of hydrogen-bond donors (Lipinski definition) is 1. The van der Waals surface area contributed by atoms with Gasteiger partial charge < -0.3 is 15.0 Å². The van der Waals surface area contributed by atoms with Crippen molar-refractivity contribution in [2.75, 3.05) is 18.0 Å². The molecule has 0 unspecified atom stereocenters. The zero-order valence-electron chi connectivity index (χ0n) is 16.7. The van der Waals surface area contributed by atoms with E-state index in [1.807, 2.05) is 27.7 Å². The van der Waals surface area contributed by atoms with Crippen LogP contribution in [0.15, 0.2) is 6.07 Å². The van der Waals surface area contributed by atoms with E-state index in [1.54, 1.807) is 6.07 Å². The van der Waals surface area contributed by atoms with Crippen LogP contribution in [-0.2, 0) is 4.74 Å². The summed E-state index contributed by atoms with van der Waals surface area (Å²) in [5, 5.41) is 12.3. The highest BCUT2D eigenvalue weighted by atomic mass is 16.6. The zero-order valence-corrected chi connectivity index (χ0v) is 16.7. The third kappa shape index (κ3) is 4.49. The van der Waals surface area contributed by atoms with Crippen LogP contribution in [0.25, 0.3) is 0 Å². The minimum atomic E-state index is -0.486. The lowest BCUT2D eigenvalue weighted by molar-refractivity contribution is 0.0442. The summed E-state index contributed by atoms with van der Waals surface area (Å²) in [5.74, 6) is 0.635. The Morgan fingerprint density at radius 2 is 2.04 bits per heavy atom. The Bertz CT molecular complexity index is 742. The van der Waals surface area contributed by atoms with Gasteiger partial charge in [0.1, 0.15) is 17.4 Å². The molecule has 0 radical (unpaired) electrons. The number of piperidine rings is 1. The van der Waals surface area contributed by atoms with Crippen LogP contribution >= 0.6 is 0 Å². The van der Waals surface area contributed by atoms with Gasteiger partial charge in [0.05, 0.1) is 0 Å². The third-order valence-corrected chi connectivity index (χ3v) is 5.60. The smallest absolute Gasteiger partial charge is 0.407 e. The number of alkyl carbamates (subject to hydrolysis) is 1. The van der Waals surface area contributed by atoms with Gasteiger partial charge in [-0.05, 0) is 64.9 Å². The fourth-order valence-electron chi connectivity index (χ4n) is 4.32. The standard InChI is InChI=1S/C20H29N5O2/c1-14-12-15(13-21)23-17(22-14)25-10-8-20(9-11-25)7-5-6-16(20)24-18(26)27-19(2,3)4/h12,16H,5-11H2,1-4H3,(H,24,26)/t16-/m1/s1. The fourth-order valence-corrected chi connectivity index (χ4v) is 4.32. The molecule has 1 aliphatic heterocycles. The molecular formula is C20H29N5O2. The number of anilines is 1. The van der Waals surface area contributed by atoms with E-state index in [4.69, 9.17) is 10.00 Å². The summed E-state index contributed by atoms with van der Waals surface area (Å²) in [6, 6.07) is 3.96. The summed E-state index contributed by atoms with van der Waals surface area (Å²) in [4.78, 5) is 23.3. The number of aromatic nitrogens is 2. The van der Waals surface area contributed by atoms with Gasteiger partial charge >= 0.3 is 6.09 Å². The lowest BCUT2D eigenvalue weighted by atomic mass is 9.74. The number of aryl methyl sites for hydroxylation is 1. The van der Waals surface area contributed by atoms with Gasteiger partial charge in [-0.25, -0.2) is 14.8 Å². The van der Waals surface area contributed by atoms with E-state index in [9.17, 15) is 4.79 Å². The first-order valence-corrected chi connectivity index (χ1v) is 9.71. The maximum Gasteiger partial charge on any atom is 0.407 e. The minimum Gasteiger partial charge on any atom is -0.444 e. The summed E-state index contributed by atoms with van der Waals surface area (Å²) in [6.07, 6.45) is 4.88. The van der Waals surface area contributed by atoms with Gasteiger partial charge in [0, 0.05) is 24.8 Å². The lowest BCUT2D eigenvalue weighted by Gasteiger charge is -2.43. The van der Waals surface area contributed by atoms with Crippen molar-refractivity contribution in [3.63, 3.8) is 0 Å². The molecule has 7 heteroatoms. The van der Waals surface area contributed by atoms with Crippen molar-refractivity contribution in [2.24, 2.45) is 5.41 Å². The van der Waals surface area contributed by atoms with Gasteiger partial charge in [0.25, 0.3) is 0 Å². The fraction of sp³-hybridized carbons (Fsp3) is 0.700. The van der Waals surface area contributed by atoms with Gasteiger partial charge in [-0.1, -0.05) is 6.42 Å². The second-order valence-electron chi connectivity index (χ2n) is 8.75. The summed E-state index contributed by atoms with van der Waals surface area (Å²) >= 11 is 0. The van der Waals surface area contributed by atoms with Gasteiger partial charge in [0.2, 0.25) is 5.95 Å². The normalized spacial score (nSPS) is 21.7. The Labute approximate surface area is 161 Å². The Hall–Kier alpha value is -2.36. The van der Waals surface area contributed by atoms with E-state index in [1.165, 1.54) is 0 Å². The molecule has 1 amide bonds. The summed E-state index contributed by atoms with van der Waals surface area (Å²) in [6.45, 7) is 9.20. The second kappa shape index (κ2) is 7.34. The first kappa shape index (κ1) is 19.4. The van der Waals surface area contributed by atoms with Crippen molar-refractivity contribution in [3.8, 4) is 6.07 Å². The number of hydrogen-bond acceptors (Lipinski definition) is 6. The van der Waals surface area contributed by atoms with Crippen molar-refractivity contribution < 1.29 is 9.53 Å². The van der Waals surface area contributed by atoms with E-state index in [-0.39, 0.29) is 17.6 Å². The summed E-state index contributed by atoms with van der Waals surface area (Å²) in [7, 11) is 0. The summed E-state index contributed by atoms with van der Waals surface area (Å²) < 4.78 is 5.45. The average molecular weight is 371 g/mol. The average Bonchev–Trinajstić information content (AvgIpc) is 2.95. The largest absolute Gasteiger partial charge is 0.444 e. The van der Waals surface area contributed by atoms with Crippen LogP contribution < -0.4 is 10.2 Å². The monoisotopic (exact) mass is 371 g/mol. The SMILES string of the molecule is Cc1cc(C#N)nc(N2CCC3(CCC[C@H]3NC(=O)OC(C)(C)C)CC2)n1. The van der Waals surface area contributed by atoms with Crippen LogP contribution in [0.2, 0.25) is 0 Å². The van der Waals surface area contributed by atoms with Gasteiger partial charge in [-0.15, -0.1) is 0 Å². The second-order valence-corrected chi connectivity index (χ2v) is 8.75. The van der Waals surface area contributed by atoms with Crippen LogP contribution in [0.3, 0.4) is 0 Å². The third-order valence-electron chi connectivity index (χ3n) is 5.60. The van der Waals surface area contributed by atoms with E-state index >= 15 is 0 Å². The molecule has 1 spiro atoms. The number of nitrogens with zero attached hydrogens (tertiary/aromatic N) is 4. The molecule has 146 valence electrons. The molecule has 2 heterocycles. The van der Waals surface area contributed by atoms with Gasteiger partial charge in [-0.2, -0.15) is 5.26 Å². The molecule has 1 N–H and O–H groups in total. The number of nitrogens with one attached hydrogen (secondary N) is 1. The first-order valence-electron chi connectivity index (χ1n) is 9.71. The Morgan fingerprint density at radius 1 is 1.33 bits per heavy atom. The maximum atomic E-state index is 12.2. The number of rotatable bonds is 2. The van der Waals surface area contributed by atoms with E-state index in [2.05, 4.69) is 26.3 Å².